The van der Waals surface area contributed by atoms with Crippen LogP contribution in [0.5, 0.6) is 0 Å². The summed E-state index contributed by atoms with van der Waals surface area (Å²) in [5, 5.41) is 0. The van der Waals surface area contributed by atoms with Crippen molar-refractivity contribution in [2.45, 2.75) is 44.7 Å². The molecule has 0 saturated carbocycles. The van der Waals surface area contributed by atoms with E-state index < -0.39 is 0 Å². The largest absolute Gasteiger partial charge is 0.381 e. The summed E-state index contributed by atoms with van der Waals surface area (Å²) in [7, 11) is 0. The van der Waals surface area contributed by atoms with Crippen LogP contribution in [-0.2, 0) is 9.53 Å². The fraction of sp³-hybridized carbons (Fsp3) is 0.786. The molecule has 2 aliphatic heterocycles. The molecule has 2 atom stereocenters. The highest BCUT2D eigenvalue weighted by Crippen LogP contribution is 2.18. The average Bonchev–Trinajstić information content (AvgIpc) is 2.37. The summed E-state index contributed by atoms with van der Waals surface area (Å²) in [6.07, 6.45) is 7.71. The Balaban J connectivity index is 1.85. The Morgan fingerprint density at radius 2 is 2.06 bits per heavy atom. The van der Waals surface area contributed by atoms with Gasteiger partial charge in [0.1, 0.15) is 0 Å². The van der Waals surface area contributed by atoms with Crippen molar-refractivity contribution < 1.29 is 9.53 Å². The van der Waals surface area contributed by atoms with E-state index in [4.69, 9.17) is 10.5 Å². The fourth-order valence-corrected chi connectivity index (χ4v) is 2.76. The van der Waals surface area contributed by atoms with Crippen LogP contribution >= 0.6 is 0 Å². The molecule has 2 aliphatic rings. The monoisotopic (exact) mass is 252 g/mol. The highest BCUT2D eigenvalue weighted by Gasteiger charge is 2.25. The number of carbonyl (C=O) groups excluding carboxylic acids is 1. The molecule has 4 nitrogen and oxygen atoms in total. The molecule has 1 amide bonds. The number of carbonyl (C=O) groups is 1. The Hall–Kier alpha value is -0.870. The fourth-order valence-electron chi connectivity index (χ4n) is 2.76. The van der Waals surface area contributed by atoms with Crippen molar-refractivity contribution in [3.63, 3.8) is 0 Å². The minimum absolute atomic E-state index is 0.140. The molecular weight excluding hydrogens is 228 g/mol. The molecule has 0 spiro atoms. The van der Waals surface area contributed by atoms with E-state index in [9.17, 15) is 4.79 Å². The average molecular weight is 252 g/mol. The van der Waals surface area contributed by atoms with Gasteiger partial charge >= 0.3 is 0 Å². The Morgan fingerprint density at radius 3 is 2.72 bits per heavy atom. The summed E-state index contributed by atoms with van der Waals surface area (Å²) in [6, 6.07) is 0.518. The molecule has 2 N–H and O–H groups in total. The van der Waals surface area contributed by atoms with E-state index in [1.807, 2.05) is 4.90 Å². The first-order chi connectivity index (χ1) is 8.66. The summed E-state index contributed by atoms with van der Waals surface area (Å²) >= 11 is 0. The lowest BCUT2D eigenvalue weighted by atomic mass is 9.98. The van der Waals surface area contributed by atoms with Crippen LogP contribution in [0.4, 0.5) is 0 Å². The lowest BCUT2D eigenvalue weighted by Gasteiger charge is -2.35. The van der Waals surface area contributed by atoms with Crippen molar-refractivity contribution in [1.29, 1.82) is 0 Å². The van der Waals surface area contributed by atoms with Crippen LogP contribution in [0.25, 0.3) is 0 Å². The number of hydrogen-bond acceptors (Lipinski definition) is 3. The maximum atomic E-state index is 12.1. The molecule has 0 aromatic rings. The molecule has 2 heterocycles. The van der Waals surface area contributed by atoms with Crippen LogP contribution in [-0.4, -0.2) is 42.6 Å². The Bertz CT molecular complexity index is 311. The van der Waals surface area contributed by atoms with Gasteiger partial charge in [-0.3, -0.25) is 4.79 Å². The number of nitrogens with two attached hydrogens (primary N) is 1. The van der Waals surface area contributed by atoms with Crippen molar-refractivity contribution in [2.24, 2.45) is 11.7 Å². The van der Waals surface area contributed by atoms with Crippen molar-refractivity contribution in [3.8, 4) is 0 Å². The lowest BCUT2D eigenvalue weighted by molar-refractivity contribution is -0.129. The maximum absolute atomic E-state index is 12.1. The van der Waals surface area contributed by atoms with Crippen LogP contribution in [0.2, 0.25) is 0 Å². The Morgan fingerprint density at radius 1 is 1.33 bits per heavy atom. The van der Waals surface area contributed by atoms with E-state index in [2.05, 4.69) is 13.0 Å². The Labute approximate surface area is 109 Å². The number of allylic oxidation sites excluding steroid dienone is 1. The molecule has 2 unspecified atom stereocenters. The summed E-state index contributed by atoms with van der Waals surface area (Å²) in [5.74, 6) is 0.644. The smallest absolute Gasteiger partial charge is 0.246 e. The third kappa shape index (κ3) is 3.56. The van der Waals surface area contributed by atoms with Crippen LogP contribution in [0.3, 0.4) is 0 Å². The number of nitrogens with zero attached hydrogens (tertiary/aromatic N) is 1. The highest BCUT2D eigenvalue weighted by molar-refractivity contribution is 5.87. The van der Waals surface area contributed by atoms with Gasteiger partial charge in [0.15, 0.2) is 0 Å². The topological polar surface area (TPSA) is 55.6 Å². The second kappa shape index (κ2) is 6.34. The molecule has 4 heteroatoms. The van der Waals surface area contributed by atoms with E-state index >= 15 is 0 Å². The number of rotatable bonds is 2. The molecule has 0 radical (unpaired) electrons. The first-order valence-electron chi connectivity index (χ1n) is 6.99. The van der Waals surface area contributed by atoms with Gasteiger partial charge < -0.3 is 15.4 Å². The molecule has 2 rings (SSSR count). The molecule has 0 aliphatic carbocycles. The lowest BCUT2D eigenvalue weighted by Crippen LogP contribution is -2.47. The van der Waals surface area contributed by atoms with Gasteiger partial charge in [-0.1, -0.05) is 6.08 Å². The number of hydrogen-bond donors (Lipinski definition) is 1. The normalized spacial score (nSPS) is 30.9. The van der Waals surface area contributed by atoms with Crippen LogP contribution in [0.1, 0.15) is 32.6 Å². The molecule has 102 valence electrons. The van der Waals surface area contributed by atoms with Gasteiger partial charge in [0.05, 0.1) is 0 Å². The van der Waals surface area contributed by atoms with E-state index in [1.54, 1.807) is 6.08 Å². The molecule has 0 aromatic heterocycles. The molecule has 2 saturated heterocycles. The van der Waals surface area contributed by atoms with Crippen LogP contribution < -0.4 is 5.73 Å². The minimum Gasteiger partial charge on any atom is -0.381 e. The third-order valence-corrected chi connectivity index (χ3v) is 3.98. The zero-order valence-corrected chi connectivity index (χ0v) is 11.2. The van der Waals surface area contributed by atoms with Crippen molar-refractivity contribution in [3.05, 3.63) is 12.2 Å². The van der Waals surface area contributed by atoms with Crippen molar-refractivity contribution in [1.82, 2.24) is 4.90 Å². The second-order valence-corrected chi connectivity index (χ2v) is 5.47. The number of likely N-dealkylation sites (tertiary alicyclic amines) is 1. The third-order valence-electron chi connectivity index (χ3n) is 3.98. The highest BCUT2D eigenvalue weighted by atomic mass is 16.5. The standard InChI is InChI=1S/C14H24N2O2/c1-11-10-13(15)4-7-16(11)14(17)3-2-12-5-8-18-9-6-12/h2-3,11-13H,4-10,15H2,1H3. The van der Waals surface area contributed by atoms with Gasteiger partial charge in [-0.2, -0.15) is 0 Å². The molecular formula is C14H24N2O2. The van der Waals surface area contributed by atoms with Crippen molar-refractivity contribution in [2.75, 3.05) is 19.8 Å². The first-order valence-corrected chi connectivity index (χ1v) is 6.99. The van der Waals surface area contributed by atoms with Gasteiger partial charge in [-0.15, -0.1) is 0 Å². The molecule has 0 bridgehead atoms. The van der Waals surface area contributed by atoms with E-state index in [1.165, 1.54) is 0 Å². The zero-order chi connectivity index (χ0) is 13.0. The number of amides is 1. The van der Waals surface area contributed by atoms with Gasteiger partial charge in [0.2, 0.25) is 5.91 Å². The van der Waals surface area contributed by atoms with Crippen molar-refractivity contribution >= 4 is 5.91 Å². The SMILES string of the molecule is CC1CC(N)CCN1C(=O)C=CC1CCOCC1. The molecule has 0 aromatic carbocycles. The van der Waals surface area contributed by atoms with E-state index in [0.29, 0.717) is 5.92 Å². The van der Waals surface area contributed by atoms with E-state index in [-0.39, 0.29) is 18.0 Å². The van der Waals surface area contributed by atoms with Gasteiger partial charge in [-0.05, 0) is 44.6 Å². The van der Waals surface area contributed by atoms with Crippen LogP contribution in [0, 0.1) is 5.92 Å². The summed E-state index contributed by atoms with van der Waals surface area (Å²) in [5.41, 5.74) is 5.91. The summed E-state index contributed by atoms with van der Waals surface area (Å²) in [4.78, 5) is 14.1. The van der Waals surface area contributed by atoms with Crippen LogP contribution in [0.15, 0.2) is 12.2 Å². The number of piperidine rings is 1. The number of ether oxygens (including phenoxy) is 1. The second-order valence-electron chi connectivity index (χ2n) is 5.47. The molecule has 2 fully saturated rings. The van der Waals surface area contributed by atoms with Gasteiger partial charge in [0.25, 0.3) is 0 Å². The summed E-state index contributed by atoms with van der Waals surface area (Å²) in [6.45, 7) is 4.51. The van der Waals surface area contributed by atoms with Gasteiger partial charge in [-0.25, -0.2) is 0 Å². The zero-order valence-electron chi connectivity index (χ0n) is 11.2. The van der Waals surface area contributed by atoms with E-state index in [0.717, 1.165) is 45.4 Å². The molecule has 18 heavy (non-hydrogen) atoms. The minimum atomic E-state index is 0.140. The first kappa shape index (κ1) is 13.6. The summed E-state index contributed by atoms with van der Waals surface area (Å²) < 4.78 is 5.31. The quantitative estimate of drug-likeness (QED) is 0.754. The maximum Gasteiger partial charge on any atom is 0.246 e. The predicted molar refractivity (Wildman–Crippen MR) is 71.1 cm³/mol. The Kier molecular flexibility index (Phi) is 4.78. The predicted octanol–water partition coefficient (Wildman–Crippen LogP) is 1.31. The van der Waals surface area contributed by atoms with Gasteiger partial charge in [0, 0.05) is 31.8 Å².